The number of aromatic nitrogens is 2. The van der Waals surface area contributed by atoms with E-state index in [4.69, 9.17) is 16.3 Å². The van der Waals surface area contributed by atoms with Gasteiger partial charge in [-0.3, -0.25) is 19.9 Å². The summed E-state index contributed by atoms with van der Waals surface area (Å²) in [6.45, 7) is 4.05. The molecule has 0 spiro atoms. The van der Waals surface area contributed by atoms with Crippen molar-refractivity contribution in [1.29, 1.82) is 0 Å². The van der Waals surface area contributed by atoms with E-state index in [0.717, 1.165) is 11.3 Å². The molecular formula is C24H26ClN7O3. The second-order valence-corrected chi connectivity index (χ2v) is 9.00. The largest absolute Gasteiger partial charge is 0.483 e. The van der Waals surface area contributed by atoms with Crippen molar-refractivity contribution in [1.82, 2.24) is 25.8 Å². The minimum absolute atomic E-state index is 0.121. The van der Waals surface area contributed by atoms with E-state index in [1.807, 2.05) is 61.3 Å². The van der Waals surface area contributed by atoms with Crippen molar-refractivity contribution >= 4 is 34.9 Å². The van der Waals surface area contributed by atoms with Gasteiger partial charge in [0.25, 0.3) is 5.91 Å². The molecule has 2 aliphatic heterocycles. The molecule has 0 radical (unpaired) electrons. The van der Waals surface area contributed by atoms with Gasteiger partial charge in [-0.15, -0.1) is 0 Å². The zero-order valence-electron chi connectivity index (χ0n) is 19.3. The molecule has 4 N–H and O–H groups in total. The molecule has 0 bridgehead atoms. The average Bonchev–Trinajstić information content (AvgIpc) is 3.42. The third kappa shape index (κ3) is 4.81. The van der Waals surface area contributed by atoms with Gasteiger partial charge in [-0.2, -0.15) is 5.10 Å². The van der Waals surface area contributed by atoms with Crippen LogP contribution in [0.3, 0.4) is 0 Å². The first-order chi connectivity index (χ1) is 16.9. The number of halogens is 1. The molecule has 0 saturated carbocycles. The van der Waals surface area contributed by atoms with E-state index in [0.29, 0.717) is 28.8 Å². The molecule has 2 saturated heterocycles. The van der Waals surface area contributed by atoms with Crippen molar-refractivity contribution in [2.75, 3.05) is 23.5 Å². The molecular weight excluding hydrogens is 470 g/mol. The number of hydrogen-bond donors (Lipinski definition) is 4. The highest BCUT2D eigenvalue weighted by molar-refractivity contribution is 6.30. The fraction of sp³-hybridized carbons (Fsp3) is 0.292. The Kier molecular flexibility index (Phi) is 6.33. The van der Waals surface area contributed by atoms with E-state index in [1.54, 1.807) is 16.8 Å². The lowest BCUT2D eigenvalue weighted by Gasteiger charge is -2.37. The number of hydrazine groups is 1. The minimum Gasteiger partial charge on any atom is -0.483 e. The Balaban J connectivity index is 1.32. The number of carbonyl (C=O) groups is 2. The Labute approximate surface area is 207 Å². The zero-order chi connectivity index (χ0) is 24.5. The Morgan fingerprint density at radius 3 is 2.83 bits per heavy atom. The van der Waals surface area contributed by atoms with Crippen molar-refractivity contribution in [3.63, 3.8) is 0 Å². The minimum atomic E-state index is -0.674. The van der Waals surface area contributed by atoms with Crippen molar-refractivity contribution in [3.05, 3.63) is 70.9 Å². The van der Waals surface area contributed by atoms with Gasteiger partial charge in [0.1, 0.15) is 17.7 Å². The van der Waals surface area contributed by atoms with E-state index in [1.165, 1.54) is 0 Å². The number of para-hydroxylation sites is 1. The smallest absolute Gasteiger partial charge is 0.263 e. The number of fused-ring (bicyclic) bond motifs is 1. The molecule has 11 heteroatoms. The highest BCUT2D eigenvalue weighted by Gasteiger charge is 2.45. The van der Waals surface area contributed by atoms with Crippen LogP contribution in [0.25, 0.3) is 0 Å². The van der Waals surface area contributed by atoms with Crippen LogP contribution in [0, 0.1) is 19.8 Å². The lowest BCUT2D eigenvalue weighted by molar-refractivity contribution is -0.129. The SMILES string of the molecule is Cc1cc(NC(=O)COc2ccccc2C)n(C2NC(=O)C3CNN(c4cccc(Cl)c4)C3N2)n1. The number of amides is 2. The first-order valence-electron chi connectivity index (χ1n) is 11.3. The predicted octanol–water partition coefficient (Wildman–Crippen LogP) is 2.31. The number of hydrogen-bond acceptors (Lipinski definition) is 7. The number of anilines is 2. The fourth-order valence-corrected chi connectivity index (χ4v) is 4.50. The van der Waals surface area contributed by atoms with Crippen LogP contribution in [-0.4, -0.2) is 40.9 Å². The van der Waals surface area contributed by atoms with Gasteiger partial charge in [-0.1, -0.05) is 35.9 Å². The molecule has 2 aliphatic rings. The summed E-state index contributed by atoms with van der Waals surface area (Å²) < 4.78 is 7.22. The van der Waals surface area contributed by atoms with Crippen LogP contribution in [-0.2, 0) is 9.59 Å². The molecule has 35 heavy (non-hydrogen) atoms. The number of benzene rings is 2. The van der Waals surface area contributed by atoms with Gasteiger partial charge in [-0.25, -0.2) is 10.1 Å². The molecule has 3 unspecified atom stereocenters. The number of rotatable bonds is 6. The summed E-state index contributed by atoms with van der Waals surface area (Å²) in [6, 6.07) is 16.6. The molecule has 5 rings (SSSR count). The normalized spacial score (nSPS) is 21.4. The zero-order valence-corrected chi connectivity index (χ0v) is 20.0. The Morgan fingerprint density at radius 2 is 2.03 bits per heavy atom. The van der Waals surface area contributed by atoms with Gasteiger partial charge in [0, 0.05) is 17.6 Å². The van der Waals surface area contributed by atoms with Gasteiger partial charge in [0.2, 0.25) is 5.91 Å². The van der Waals surface area contributed by atoms with Crippen molar-refractivity contribution < 1.29 is 14.3 Å². The van der Waals surface area contributed by atoms with Gasteiger partial charge in [0.15, 0.2) is 12.9 Å². The highest BCUT2D eigenvalue weighted by Crippen LogP contribution is 2.29. The molecule has 10 nitrogen and oxygen atoms in total. The van der Waals surface area contributed by atoms with E-state index in [-0.39, 0.29) is 30.5 Å². The van der Waals surface area contributed by atoms with Crippen LogP contribution in [0.2, 0.25) is 5.02 Å². The Morgan fingerprint density at radius 1 is 1.20 bits per heavy atom. The standard InChI is InChI=1S/C24H26ClN7O3/c1-14-6-3-4-9-19(14)35-13-21(33)27-20-10-15(2)30-32(20)24-28-22-18(23(34)29-24)12-26-31(22)17-8-5-7-16(25)11-17/h3-11,18,22,24,26,28H,12-13H2,1-2H3,(H,27,33)(H,29,34). The van der Waals surface area contributed by atoms with Crippen molar-refractivity contribution in [2.24, 2.45) is 5.92 Å². The molecule has 2 aromatic carbocycles. The summed E-state index contributed by atoms with van der Waals surface area (Å²) in [7, 11) is 0. The molecule has 3 heterocycles. The first kappa shape index (κ1) is 23.2. The number of carbonyl (C=O) groups excluding carboxylic acids is 2. The monoisotopic (exact) mass is 495 g/mol. The maximum Gasteiger partial charge on any atom is 0.263 e. The predicted molar refractivity (Wildman–Crippen MR) is 132 cm³/mol. The molecule has 1 aromatic heterocycles. The third-order valence-electron chi connectivity index (χ3n) is 5.99. The van der Waals surface area contributed by atoms with E-state index in [9.17, 15) is 9.59 Å². The number of aryl methyl sites for hydroxylation is 2. The Hall–Kier alpha value is -3.60. The Bertz CT molecular complexity index is 1260. The summed E-state index contributed by atoms with van der Waals surface area (Å²) in [4.78, 5) is 25.6. The maximum atomic E-state index is 12.9. The average molecular weight is 496 g/mol. The second kappa shape index (κ2) is 9.57. The van der Waals surface area contributed by atoms with Gasteiger partial charge in [0.05, 0.1) is 17.3 Å². The lowest BCUT2D eigenvalue weighted by atomic mass is 10.0. The van der Waals surface area contributed by atoms with Gasteiger partial charge in [-0.05, 0) is 43.7 Å². The summed E-state index contributed by atoms with van der Waals surface area (Å²) in [5.41, 5.74) is 5.74. The van der Waals surface area contributed by atoms with Crippen LogP contribution in [0.5, 0.6) is 5.75 Å². The van der Waals surface area contributed by atoms with Crippen LogP contribution < -0.4 is 31.1 Å². The maximum absolute atomic E-state index is 12.9. The van der Waals surface area contributed by atoms with Gasteiger partial charge >= 0.3 is 0 Å². The third-order valence-corrected chi connectivity index (χ3v) is 6.23. The van der Waals surface area contributed by atoms with Crippen LogP contribution in [0.1, 0.15) is 17.5 Å². The molecule has 3 aromatic rings. The number of nitrogens with zero attached hydrogens (tertiary/aromatic N) is 3. The van der Waals surface area contributed by atoms with E-state index in [2.05, 4.69) is 26.5 Å². The second-order valence-electron chi connectivity index (χ2n) is 8.56. The summed E-state index contributed by atoms with van der Waals surface area (Å²) in [5, 5.41) is 16.2. The fourth-order valence-electron chi connectivity index (χ4n) is 4.32. The topological polar surface area (TPSA) is 113 Å². The molecule has 3 atom stereocenters. The van der Waals surface area contributed by atoms with Crippen LogP contribution in [0.4, 0.5) is 11.5 Å². The summed E-state index contributed by atoms with van der Waals surface area (Å²) in [5.74, 6) is 0.316. The molecule has 0 aliphatic carbocycles. The lowest BCUT2D eigenvalue weighted by Crippen LogP contribution is -2.61. The van der Waals surface area contributed by atoms with Crippen molar-refractivity contribution in [2.45, 2.75) is 26.3 Å². The quantitative estimate of drug-likeness (QED) is 0.415. The summed E-state index contributed by atoms with van der Waals surface area (Å²) >= 11 is 6.18. The van der Waals surface area contributed by atoms with E-state index >= 15 is 0 Å². The molecule has 2 amide bonds. The van der Waals surface area contributed by atoms with Crippen LogP contribution >= 0.6 is 11.6 Å². The first-order valence-corrected chi connectivity index (χ1v) is 11.7. The number of nitrogens with one attached hydrogen (secondary N) is 4. The van der Waals surface area contributed by atoms with E-state index < -0.39 is 6.29 Å². The molecule has 2 fully saturated rings. The van der Waals surface area contributed by atoms with Gasteiger partial charge < -0.3 is 15.4 Å². The van der Waals surface area contributed by atoms with Crippen LogP contribution in [0.15, 0.2) is 54.6 Å². The number of ether oxygens (including phenoxy) is 1. The molecule has 182 valence electrons. The highest BCUT2D eigenvalue weighted by atomic mass is 35.5. The van der Waals surface area contributed by atoms with Crippen molar-refractivity contribution in [3.8, 4) is 5.75 Å². The summed E-state index contributed by atoms with van der Waals surface area (Å²) in [6.07, 6.45) is -1.02.